The van der Waals surface area contributed by atoms with Gasteiger partial charge < -0.3 is 11.1 Å². The highest BCUT2D eigenvalue weighted by molar-refractivity contribution is 7.99. The molecule has 3 N–H and O–H groups in total. The number of hydrogen-bond acceptors (Lipinski definition) is 2. The van der Waals surface area contributed by atoms with Crippen molar-refractivity contribution in [2.45, 2.75) is 25.7 Å². The molecule has 1 aromatic rings. The molecule has 0 aromatic heterocycles. The van der Waals surface area contributed by atoms with Gasteiger partial charge >= 0.3 is 0 Å². The third-order valence-corrected chi connectivity index (χ3v) is 3.34. The maximum absolute atomic E-state index is 5.75. The van der Waals surface area contributed by atoms with Gasteiger partial charge in [-0.2, -0.15) is 0 Å². The molecule has 0 spiro atoms. The van der Waals surface area contributed by atoms with Crippen molar-refractivity contribution in [1.82, 2.24) is 5.32 Å². The molecule has 4 heteroatoms. The molecule has 0 bridgehead atoms. The first-order valence-electron chi connectivity index (χ1n) is 6.31. The summed E-state index contributed by atoms with van der Waals surface area (Å²) >= 11 is 1.82. The van der Waals surface area contributed by atoms with Crippen LogP contribution in [0.25, 0.3) is 0 Å². The lowest BCUT2D eigenvalue weighted by Crippen LogP contribution is -2.33. The Hall–Kier alpha value is -1.16. The van der Waals surface area contributed by atoms with E-state index < -0.39 is 0 Å². The van der Waals surface area contributed by atoms with E-state index in [0.29, 0.717) is 11.9 Å². The van der Waals surface area contributed by atoms with Crippen LogP contribution in [0.3, 0.4) is 0 Å². The van der Waals surface area contributed by atoms with E-state index in [2.05, 4.69) is 55.3 Å². The van der Waals surface area contributed by atoms with E-state index in [9.17, 15) is 0 Å². The average Bonchev–Trinajstić information content (AvgIpc) is 2.34. The molecule has 0 radical (unpaired) electrons. The van der Waals surface area contributed by atoms with Crippen molar-refractivity contribution in [3.05, 3.63) is 29.8 Å². The lowest BCUT2D eigenvalue weighted by Gasteiger charge is -2.06. The first-order valence-corrected chi connectivity index (χ1v) is 7.29. The lowest BCUT2D eigenvalue weighted by atomic mass is 10.2. The summed E-state index contributed by atoms with van der Waals surface area (Å²) in [6.45, 7) is 7.98. The van der Waals surface area contributed by atoms with Crippen molar-refractivity contribution in [2.24, 2.45) is 16.6 Å². The standard InChI is InChI=1S/C14H23N3S/c1-11(2)10-17-14(15)16-8-9-18-13-6-4-12(3)5-7-13/h4-7,11H,8-10H2,1-3H3,(H3,15,16,17). The summed E-state index contributed by atoms with van der Waals surface area (Å²) in [7, 11) is 0. The van der Waals surface area contributed by atoms with Crippen LogP contribution in [0.4, 0.5) is 0 Å². The smallest absolute Gasteiger partial charge is 0.188 e. The summed E-state index contributed by atoms with van der Waals surface area (Å²) in [5, 5.41) is 3.13. The van der Waals surface area contributed by atoms with Crippen molar-refractivity contribution in [1.29, 1.82) is 0 Å². The van der Waals surface area contributed by atoms with Gasteiger partial charge in [-0.3, -0.25) is 4.99 Å². The fourth-order valence-electron chi connectivity index (χ4n) is 1.32. The van der Waals surface area contributed by atoms with Crippen molar-refractivity contribution in [3.8, 4) is 0 Å². The first kappa shape index (κ1) is 14.9. The highest BCUT2D eigenvalue weighted by Gasteiger charge is 1.96. The molecule has 100 valence electrons. The molecule has 3 nitrogen and oxygen atoms in total. The number of aryl methyl sites for hydroxylation is 1. The molecule has 0 heterocycles. The zero-order valence-electron chi connectivity index (χ0n) is 11.4. The number of rotatable bonds is 6. The fourth-order valence-corrected chi connectivity index (χ4v) is 2.09. The first-order chi connectivity index (χ1) is 8.58. The van der Waals surface area contributed by atoms with E-state index >= 15 is 0 Å². The number of benzene rings is 1. The van der Waals surface area contributed by atoms with Crippen LogP contribution in [0.5, 0.6) is 0 Å². The Labute approximate surface area is 114 Å². The van der Waals surface area contributed by atoms with Gasteiger partial charge in [0, 0.05) is 23.7 Å². The summed E-state index contributed by atoms with van der Waals surface area (Å²) in [5.74, 6) is 2.08. The number of hydrogen-bond donors (Lipinski definition) is 2. The maximum atomic E-state index is 5.75. The number of thioether (sulfide) groups is 1. The Bertz CT molecular complexity index is 371. The molecule has 0 aliphatic rings. The van der Waals surface area contributed by atoms with Crippen LogP contribution in [-0.4, -0.2) is 24.8 Å². The van der Waals surface area contributed by atoms with Gasteiger partial charge in [0.05, 0.1) is 0 Å². The number of nitrogens with zero attached hydrogens (tertiary/aromatic N) is 1. The van der Waals surface area contributed by atoms with Crippen LogP contribution in [0.15, 0.2) is 34.2 Å². The highest BCUT2D eigenvalue weighted by Crippen LogP contribution is 2.17. The summed E-state index contributed by atoms with van der Waals surface area (Å²) in [5.41, 5.74) is 7.04. The molecule has 1 rings (SSSR count). The van der Waals surface area contributed by atoms with E-state index in [0.717, 1.165) is 18.8 Å². The molecule has 0 unspecified atom stereocenters. The number of nitrogens with one attached hydrogen (secondary N) is 1. The molecule has 18 heavy (non-hydrogen) atoms. The summed E-state index contributed by atoms with van der Waals surface area (Å²) in [6.07, 6.45) is 0. The Kier molecular flexibility index (Phi) is 6.65. The van der Waals surface area contributed by atoms with Crippen LogP contribution in [0.1, 0.15) is 19.4 Å². The molecule has 0 fully saturated rings. The topological polar surface area (TPSA) is 50.4 Å². The predicted octanol–water partition coefficient (Wildman–Crippen LogP) is 2.65. The Morgan fingerprint density at radius 1 is 1.33 bits per heavy atom. The van der Waals surface area contributed by atoms with Crippen LogP contribution < -0.4 is 11.1 Å². The SMILES string of the molecule is Cc1ccc(SCCNC(N)=NCC(C)C)cc1. The molecular formula is C14H23N3S. The summed E-state index contributed by atoms with van der Waals surface area (Å²) < 4.78 is 0. The molecule has 1 aromatic carbocycles. The Morgan fingerprint density at radius 2 is 2.00 bits per heavy atom. The van der Waals surface area contributed by atoms with Gasteiger partial charge in [0.25, 0.3) is 0 Å². The van der Waals surface area contributed by atoms with E-state index in [1.165, 1.54) is 10.5 Å². The largest absolute Gasteiger partial charge is 0.370 e. The van der Waals surface area contributed by atoms with Gasteiger partial charge in [-0.05, 0) is 25.0 Å². The average molecular weight is 265 g/mol. The monoisotopic (exact) mass is 265 g/mol. The predicted molar refractivity (Wildman–Crippen MR) is 81.2 cm³/mol. The van der Waals surface area contributed by atoms with Crippen molar-refractivity contribution in [2.75, 3.05) is 18.8 Å². The molecule has 0 saturated carbocycles. The second-order valence-corrected chi connectivity index (χ2v) is 5.88. The quantitative estimate of drug-likeness (QED) is 0.360. The van der Waals surface area contributed by atoms with Gasteiger partial charge in [0.2, 0.25) is 0 Å². The lowest BCUT2D eigenvalue weighted by molar-refractivity contribution is 0.662. The summed E-state index contributed by atoms with van der Waals surface area (Å²) in [4.78, 5) is 5.55. The Morgan fingerprint density at radius 3 is 2.61 bits per heavy atom. The molecular weight excluding hydrogens is 242 g/mol. The van der Waals surface area contributed by atoms with E-state index in [1.54, 1.807) is 0 Å². The minimum atomic E-state index is 0.548. The molecule has 0 amide bonds. The van der Waals surface area contributed by atoms with Crippen LogP contribution in [0.2, 0.25) is 0 Å². The fraction of sp³-hybridized carbons (Fsp3) is 0.500. The number of nitrogens with two attached hydrogens (primary N) is 1. The van der Waals surface area contributed by atoms with Gasteiger partial charge in [0.1, 0.15) is 0 Å². The summed E-state index contributed by atoms with van der Waals surface area (Å²) in [6, 6.07) is 8.56. The number of aliphatic imine (C=N–C) groups is 1. The van der Waals surface area contributed by atoms with Crippen molar-refractivity contribution in [3.63, 3.8) is 0 Å². The van der Waals surface area contributed by atoms with Crippen molar-refractivity contribution >= 4 is 17.7 Å². The van der Waals surface area contributed by atoms with Crippen LogP contribution in [0, 0.1) is 12.8 Å². The third-order valence-electron chi connectivity index (χ3n) is 2.32. The molecule has 0 aliphatic carbocycles. The van der Waals surface area contributed by atoms with Gasteiger partial charge in [-0.25, -0.2) is 0 Å². The highest BCUT2D eigenvalue weighted by atomic mass is 32.2. The van der Waals surface area contributed by atoms with E-state index in [4.69, 9.17) is 5.73 Å². The minimum absolute atomic E-state index is 0.548. The normalized spacial score (nSPS) is 11.9. The molecule has 0 aliphatic heterocycles. The second-order valence-electron chi connectivity index (χ2n) is 4.71. The minimum Gasteiger partial charge on any atom is -0.370 e. The second kappa shape index (κ2) is 8.03. The number of guanidine groups is 1. The third kappa shape index (κ3) is 6.55. The zero-order chi connectivity index (χ0) is 13.4. The Balaban J connectivity index is 2.18. The zero-order valence-corrected chi connectivity index (χ0v) is 12.3. The van der Waals surface area contributed by atoms with Crippen LogP contribution in [-0.2, 0) is 0 Å². The van der Waals surface area contributed by atoms with Crippen molar-refractivity contribution < 1.29 is 0 Å². The van der Waals surface area contributed by atoms with E-state index in [-0.39, 0.29) is 0 Å². The van der Waals surface area contributed by atoms with Gasteiger partial charge in [-0.15, -0.1) is 11.8 Å². The molecule has 0 atom stereocenters. The van der Waals surface area contributed by atoms with Gasteiger partial charge in [-0.1, -0.05) is 31.5 Å². The van der Waals surface area contributed by atoms with Gasteiger partial charge in [0.15, 0.2) is 5.96 Å². The van der Waals surface area contributed by atoms with Crippen LogP contribution >= 0.6 is 11.8 Å². The maximum Gasteiger partial charge on any atom is 0.188 e. The molecule has 0 saturated heterocycles. The van der Waals surface area contributed by atoms with E-state index in [1.807, 2.05) is 11.8 Å².